The highest BCUT2D eigenvalue weighted by atomic mass is 16.3. The first-order valence-electron chi connectivity index (χ1n) is 12.1. The fourth-order valence-electron chi connectivity index (χ4n) is 5.99. The zero-order chi connectivity index (χ0) is 23.8. The van der Waals surface area contributed by atoms with Crippen LogP contribution in [0.25, 0.3) is 10.9 Å². The highest BCUT2D eigenvalue weighted by molar-refractivity contribution is 6.01. The Kier molecular flexibility index (Phi) is 6.12. The lowest BCUT2D eigenvalue weighted by Gasteiger charge is -2.29. The van der Waals surface area contributed by atoms with Gasteiger partial charge in [-0.2, -0.15) is 0 Å². The molecule has 1 aromatic carbocycles. The first kappa shape index (κ1) is 22.6. The Balaban J connectivity index is 1.38. The van der Waals surface area contributed by atoms with E-state index in [0.717, 1.165) is 30.2 Å². The zero-order valence-electron chi connectivity index (χ0n) is 19.0. The minimum atomic E-state index is -0.961. The highest BCUT2D eigenvalue weighted by Crippen LogP contribution is 2.43. The van der Waals surface area contributed by atoms with E-state index in [1.165, 1.54) is 0 Å². The predicted molar refractivity (Wildman–Crippen MR) is 124 cm³/mol. The fraction of sp³-hybridized carbons (Fsp3) is 0.520. The van der Waals surface area contributed by atoms with Crippen molar-refractivity contribution in [1.82, 2.24) is 20.5 Å². The molecule has 34 heavy (non-hydrogen) atoms. The lowest BCUT2D eigenvalue weighted by molar-refractivity contribution is -0.133. The summed E-state index contributed by atoms with van der Waals surface area (Å²) in [6.45, 7) is 0.324. The van der Waals surface area contributed by atoms with E-state index in [1.54, 1.807) is 11.0 Å². The lowest BCUT2D eigenvalue weighted by Crippen LogP contribution is -2.53. The van der Waals surface area contributed by atoms with Crippen molar-refractivity contribution in [2.45, 2.75) is 44.2 Å². The summed E-state index contributed by atoms with van der Waals surface area (Å²) in [5, 5.41) is 15.9. The number of likely N-dealkylation sites (tertiary alicyclic amines) is 1. The van der Waals surface area contributed by atoms with Gasteiger partial charge in [-0.3, -0.25) is 19.2 Å². The second-order valence-corrected chi connectivity index (χ2v) is 9.73. The van der Waals surface area contributed by atoms with E-state index in [-0.39, 0.29) is 41.9 Å². The van der Waals surface area contributed by atoms with Crippen LogP contribution in [0, 0.1) is 17.8 Å². The van der Waals surface area contributed by atoms with Crippen LogP contribution >= 0.6 is 0 Å². The molecule has 0 spiro atoms. The molecular weight excluding hydrogens is 436 g/mol. The SMILES string of the molecule is O=C1NCC[C@@H]1C[C@H](NC(=O)[C@@H]1[C@@H]2CCC[C@@H]2CN1C(=O)c1cc2ccccc2[nH]1)C(=O)CO. The summed E-state index contributed by atoms with van der Waals surface area (Å²) in [6, 6.07) is 7.79. The van der Waals surface area contributed by atoms with Crippen LogP contribution in [0.15, 0.2) is 30.3 Å². The van der Waals surface area contributed by atoms with Crippen molar-refractivity contribution >= 4 is 34.4 Å². The lowest BCUT2D eigenvalue weighted by atomic mass is 9.92. The molecular formula is C25H30N4O5. The number of H-pyrrole nitrogens is 1. The third kappa shape index (κ3) is 4.09. The van der Waals surface area contributed by atoms with Gasteiger partial charge in [0.15, 0.2) is 5.78 Å². The Hall–Kier alpha value is -3.20. The number of benzene rings is 1. The Morgan fingerprint density at radius 2 is 2.00 bits per heavy atom. The quantitative estimate of drug-likeness (QED) is 0.483. The minimum Gasteiger partial charge on any atom is -0.389 e. The van der Waals surface area contributed by atoms with Crippen LogP contribution in [0.1, 0.15) is 42.6 Å². The third-order valence-corrected chi connectivity index (χ3v) is 7.72. The van der Waals surface area contributed by atoms with Crippen molar-refractivity contribution in [1.29, 1.82) is 0 Å². The standard InChI is InChI=1S/C25H30N4O5/c30-13-21(31)19(11-15-8-9-26-23(15)32)28-24(33)22-17-6-3-5-16(17)12-29(22)25(34)20-10-14-4-1-2-7-18(14)27-20/h1-2,4,7,10,15-17,19,22,27,30H,3,5-6,8-9,11-13H2,(H,26,32)(H,28,33)/t15-,16-,17-,19+,22+/m1/s1. The average molecular weight is 467 g/mol. The number of ketones is 1. The molecule has 2 aromatic rings. The second kappa shape index (κ2) is 9.21. The number of nitrogens with one attached hydrogen (secondary N) is 3. The van der Waals surface area contributed by atoms with E-state index in [4.69, 9.17) is 0 Å². The van der Waals surface area contributed by atoms with E-state index in [0.29, 0.717) is 25.2 Å². The van der Waals surface area contributed by atoms with Gasteiger partial charge in [-0.05, 0) is 49.7 Å². The van der Waals surface area contributed by atoms with Gasteiger partial charge in [-0.25, -0.2) is 0 Å². The van der Waals surface area contributed by atoms with Crippen LogP contribution in [0.4, 0.5) is 0 Å². The molecule has 2 aliphatic heterocycles. The molecule has 4 N–H and O–H groups in total. The van der Waals surface area contributed by atoms with Crippen molar-refractivity contribution in [3.63, 3.8) is 0 Å². The Bertz CT molecular complexity index is 1090. The number of hydrogen-bond acceptors (Lipinski definition) is 5. The number of rotatable bonds is 7. The van der Waals surface area contributed by atoms with Gasteiger partial charge < -0.3 is 25.6 Å². The molecule has 5 atom stereocenters. The summed E-state index contributed by atoms with van der Waals surface area (Å²) in [6.07, 6.45) is 3.56. The number of amides is 3. The number of carbonyl (C=O) groups excluding carboxylic acids is 4. The summed E-state index contributed by atoms with van der Waals surface area (Å²) in [5.74, 6) is -1.38. The molecule has 3 heterocycles. The summed E-state index contributed by atoms with van der Waals surface area (Å²) in [4.78, 5) is 56.3. The first-order chi connectivity index (χ1) is 16.5. The van der Waals surface area contributed by atoms with Gasteiger partial charge in [0.05, 0.1) is 6.04 Å². The Morgan fingerprint density at radius 3 is 2.74 bits per heavy atom. The predicted octanol–water partition coefficient (Wildman–Crippen LogP) is 0.981. The van der Waals surface area contributed by atoms with E-state index in [9.17, 15) is 24.3 Å². The van der Waals surface area contributed by atoms with Crippen LogP contribution in [-0.4, -0.2) is 70.3 Å². The number of aliphatic hydroxyl groups is 1. The van der Waals surface area contributed by atoms with Crippen LogP contribution in [0.3, 0.4) is 0 Å². The van der Waals surface area contributed by atoms with Crippen molar-refractivity contribution in [3.8, 4) is 0 Å². The number of carbonyl (C=O) groups is 4. The number of para-hydroxylation sites is 1. The van der Waals surface area contributed by atoms with E-state index < -0.39 is 24.5 Å². The molecule has 2 saturated heterocycles. The molecule has 180 valence electrons. The molecule has 0 bridgehead atoms. The molecule has 1 aromatic heterocycles. The number of aliphatic hydroxyl groups excluding tert-OH is 1. The third-order valence-electron chi connectivity index (χ3n) is 7.72. The highest BCUT2D eigenvalue weighted by Gasteiger charge is 2.50. The molecule has 0 radical (unpaired) electrons. The second-order valence-electron chi connectivity index (χ2n) is 9.73. The maximum Gasteiger partial charge on any atom is 0.271 e. The molecule has 9 heteroatoms. The summed E-state index contributed by atoms with van der Waals surface area (Å²) >= 11 is 0. The van der Waals surface area contributed by atoms with E-state index >= 15 is 0 Å². The fourth-order valence-corrected chi connectivity index (χ4v) is 5.99. The van der Waals surface area contributed by atoms with E-state index in [1.807, 2.05) is 24.3 Å². The maximum atomic E-state index is 13.5. The van der Waals surface area contributed by atoms with Crippen LogP contribution in [0.5, 0.6) is 0 Å². The number of nitrogens with zero attached hydrogens (tertiary/aromatic N) is 1. The number of hydrogen-bond donors (Lipinski definition) is 4. The molecule has 9 nitrogen and oxygen atoms in total. The summed E-state index contributed by atoms with van der Waals surface area (Å²) in [7, 11) is 0. The average Bonchev–Trinajstić information content (AvgIpc) is 3.61. The van der Waals surface area contributed by atoms with Gasteiger partial charge in [0, 0.05) is 29.9 Å². The molecule has 0 unspecified atom stereocenters. The molecule has 1 saturated carbocycles. The van der Waals surface area contributed by atoms with Gasteiger partial charge in [0.25, 0.3) is 5.91 Å². The summed E-state index contributed by atoms with van der Waals surface area (Å²) < 4.78 is 0. The number of Topliss-reactive ketones (excluding diaryl/α,β-unsaturated/α-hetero) is 1. The smallest absolute Gasteiger partial charge is 0.271 e. The molecule has 5 rings (SSSR count). The van der Waals surface area contributed by atoms with Crippen LogP contribution in [-0.2, 0) is 14.4 Å². The van der Waals surface area contributed by atoms with Gasteiger partial charge in [-0.15, -0.1) is 0 Å². The molecule has 1 aliphatic carbocycles. The monoisotopic (exact) mass is 466 g/mol. The Labute approximate surface area is 197 Å². The van der Waals surface area contributed by atoms with E-state index in [2.05, 4.69) is 15.6 Å². The zero-order valence-corrected chi connectivity index (χ0v) is 19.0. The number of aromatic amines is 1. The van der Waals surface area contributed by atoms with Crippen molar-refractivity contribution in [3.05, 3.63) is 36.0 Å². The van der Waals surface area contributed by atoms with Crippen molar-refractivity contribution in [2.75, 3.05) is 19.7 Å². The normalized spacial score (nSPS) is 27.0. The number of aromatic nitrogens is 1. The van der Waals surface area contributed by atoms with Crippen molar-refractivity contribution in [2.24, 2.45) is 17.8 Å². The van der Waals surface area contributed by atoms with Crippen LogP contribution < -0.4 is 10.6 Å². The Morgan fingerprint density at radius 1 is 1.18 bits per heavy atom. The molecule has 3 aliphatic rings. The van der Waals surface area contributed by atoms with Crippen LogP contribution in [0.2, 0.25) is 0 Å². The molecule has 3 amide bonds. The summed E-state index contributed by atoms with van der Waals surface area (Å²) in [5.41, 5.74) is 1.29. The van der Waals surface area contributed by atoms with Gasteiger partial charge in [0.2, 0.25) is 11.8 Å². The maximum absolute atomic E-state index is 13.5. The first-order valence-corrected chi connectivity index (χ1v) is 12.1. The molecule has 3 fully saturated rings. The topological polar surface area (TPSA) is 132 Å². The largest absolute Gasteiger partial charge is 0.389 e. The minimum absolute atomic E-state index is 0.0352. The van der Waals surface area contributed by atoms with Gasteiger partial charge in [-0.1, -0.05) is 24.6 Å². The van der Waals surface area contributed by atoms with Gasteiger partial charge in [0.1, 0.15) is 18.3 Å². The van der Waals surface area contributed by atoms with Crippen molar-refractivity contribution < 1.29 is 24.3 Å². The van der Waals surface area contributed by atoms with Gasteiger partial charge >= 0.3 is 0 Å². The number of fused-ring (bicyclic) bond motifs is 2.